The average Bonchev–Trinajstić information content (AvgIpc) is 3.05. The molecule has 1 atom stereocenters. The van der Waals surface area contributed by atoms with E-state index >= 15 is 0 Å². The molecule has 2 amide bonds. The first-order valence-electron chi connectivity index (χ1n) is 10.5. The quantitative estimate of drug-likeness (QED) is 0.633. The zero-order valence-electron chi connectivity index (χ0n) is 18.4. The van der Waals surface area contributed by atoms with E-state index in [9.17, 15) is 9.59 Å². The number of fused-ring (bicyclic) bond motifs is 1. The summed E-state index contributed by atoms with van der Waals surface area (Å²) >= 11 is 3.43. The minimum absolute atomic E-state index is 0.0293. The van der Waals surface area contributed by atoms with Crippen LogP contribution in [-0.4, -0.2) is 51.2 Å². The number of pyridine rings is 1. The Morgan fingerprint density at radius 2 is 2.00 bits per heavy atom. The Bertz CT molecular complexity index is 926. The van der Waals surface area contributed by atoms with Crippen molar-refractivity contribution in [3.8, 4) is 0 Å². The molecule has 164 valence electrons. The Labute approximate surface area is 186 Å². The first kappa shape index (κ1) is 22.6. The monoisotopic (exact) mass is 478 g/mol. The van der Waals surface area contributed by atoms with Crippen molar-refractivity contribution in [2.24, 2.45) is 0 Å². The van der Waals surface area contributed by atoms with Gasteiger partial charge in [0, 0.05) is 43.0 Å². The molecule has 1 saturated heterocycles. The van der Waals surface area contributed by atoms with Crippen LogP contribution in [-0.2, 0) is 4.74 Å². The van der Waals surface area contributed by atoms with Crippen molar-refractivity contribution in [3.05, 3.63) is 28.6 Å². The molecule has 8 heteroatoms. The lowest BCUT2D eigenvalue weighted by molar-refractivity contribution is 0.0199. The highest BCUT2D eigenvalue weighted by molar-refractivity contribution is 9.10. The number of hydrogen-bond donors (Lipinski definition) is 1. The summed E-state index contributed by atoms with van der Waals surface area (Å²) in [5.74, 6) is -0.0955. The highest BCUT2D eigenvalue weighted by Crippen LogP contribution is 2.28. The van der Waals surface area contributed by atoms with Crippen LogP contribution in [0.1, 0.15) is 70.3 Å². The van der Waals surface area contributed by atoms with Crippen LogP contribution >= 0.6 is 15.9 Å². The standard InChI is InChI=1S/C22H31BrN4O3/c1-6-14(2)27-13-17(16-12-24-19(23)11-18(16)27)20(28)25-15-7-9-26(10-8-15)21(29)30-22(3,4)5/h11-15H,6-10H2,1-5H3,(H,25,28). The number of hydrogen-bond acceptors (Lipinski definition) is 4. The molecule has 2 aromatic rings. The average molecular weight is 479 g/mol. The second kappa shape index (κ2) is 8.96. The smallest absolute Gasteiger partial charge is 0.410 e. The Balaban J connectivity index is 1.69. The van der Waals surface area contributed by atoms with Gasteiger partial charge >= 0.3 is 6.09 Å². The summed E-state index contributed by atoms with van der Waals surface area (Å²) in [5.41, 5.74) is 1.13. The molecule has 1 N–H and O–H groups in total. The fourth-order valence-electron chi connectivity index (χ4n) is 3.66. The summed E-state index contributed by atoms with van der Waals surface area (Å²) in [5, 5.41) is 4.00. The lowest BCUT2D eigenvalue weighted by Gasteiger charge is -2.33. The molecule has 0 bridgehead atoms. The van der Waals surface area contributed by atoms with Gasteiger partial charge in [0.2, 0.25) is 0 Å². The SMILES string of the molecule is CCC(C)n1cc(C(=O)NC2CCN(C(=O)OC(C)(C)C)CC2)c2cnc(Br)cc21. The first-order chi connectivity index (χ1) is 14.1. The van der Waals surface area contributed by atoms with E-state index in [1.807, 2.05) is 33.0 Å². The van der Waals surface area contributed by atoms with Gasteiger partial charge in [-0.1, -0.05) is 6.92 Å². The van der Waals surface area contributed by atoms with Gasteiger partial charge in [-0.3, -0.25) is 4.79 Å². The zero-order chi connectivity index (χ0) is 22.1. The lowest BCUT2D eigenvalue weighted by atomic mass is 10.0. The van der Waals surface area contributed by atoms with Crippen LogP contribution in [0.5, 0.6) is 0 Å². The van der Waals surface area contributed by atoms with Crippen LogP contribution in [0.25, 0.3) is 10.9 Å². The highest BCUT2D eigenvalue weighted by atomic mass is 79.9. The molecule has 1 aliphatic rings. The maximum Gasteiger partial charge on any atom is 0.410 e. The maximum absolute atomic E-state index is 13.1. The number of nitrogens with one attached hydrogen (secondary N) is 1. The minimum Gasteiger partial charge on any atom is -0.444 e. The minimum atomic E-state index is -0.505. The molecule has 0 aliphatic carbocycles. The van der Waals surface area contributed by atoms with Crippen molar-refractivity contribution in [1.29, 1.82) is 0 Å². The summed E-state index contributed by atoms with van der Waals surface area (Å²) in [6.45, 7) is 11.0. The van der Waals surface area contributed by atoms with E-state index in [0.717, 1.165) is 21.9 Å². The third-order valence-electron chi connectivity index (χ3n) is 5.48. The van der Waals surface area contributed by atoms with Gasteiger partial charge in [-0.2, -0.15) is 0 Å². The third kappa shape index (κ3) is 5.14. The van der Waals surface area contributed by atoms with Crippen molar-refractivity contribution in [1.82, 2.24) is 19.8 Å². The van der Waals surface area contributed by atoms with Crippen LogP contribution in [0.15, 0.2) is 23.1 Å². The number of carbonyl (C=O) groups excluding carboxylic acids is 2. The number of halogens is 1. The third-order valence-corrected chi connectivity index (χ3v) is 5.91. The second-order valence-corrected chi connectivity index (χ2v) is 9.76. The predicted octanol–water partition coefficient (Wildman–Crippen LogP) is 4.90. The largest absolute Gasteiger partial charge is 0.444 e. The van der Waals surface area contributed by atoms with Crippen molar-refractivity contribution in [2.75, 3.05) is 13.1 Å². The van der Waals surface area contributed by atoms with E-state index in [1.165, 1.54) is 0 Å². The number of piperidine rings is 1. The molecule has 1 fully saturated rings. The fourth-order valence-corrected chi connectivity index (χ4v) is 3.98. The molecular weight excluding hydrogens is 448 g/mol. The zero-order valence-corrected chi connectivity index (χ0v) is 20.0. The van der Waals surface area contributed by atoms with Crippen LogP contribution in [0.2, 0.25) is 0 Å². The molecular formula is C22H31BrN4O3. The predicted molar refractivity (Wildman–Crippen MR) is 121 cm³/mol. The lowest BCUT2D eigenvalue weighted by Crippen LogP contribution is -2.47. The number of likely N-dealkylation sites (tertiary alicyclic amines) is 1. The van der Waals surface area contributed by atoms with Crippen LogP contribution in [0.4, 0.5) is 4.79 Å². The van der Waals surface area contributed by atoms with E-state index in [0.29, 0.717) is 31.5 Å². The Morgan fingerprint density at radius 1 is 1.33 bits per heavy atom. The van der Waals surface area contributed by atoms with Gasteiger partial charge in [0.05, 0.1) is 11.1 Å². The van der Waals surface area contributed by atoms with Crippen molar-refractivity contribution in [2.45, 2.75) is 71.6 Å². The van der Waals surface area contributed by atoms with Crippen molar-refractivity contribution < 1.29 is 14.3 Å². The molecule has 0 saturated carbocycles. The summed E-state index contributed by atoms with van der Waals surface area (Å²) in [4.78, 5) is 31.3. The topological polar surface area (TPSA) is 76.5 Å². The molecule has 0 aromatic carbocycles. The summed E-state index contributed by atoms with van der Waals surface area (Å²) in [7, 11) is 0. The van der Waals surface area contributed by atoms with Crippen LogP contribution in [0.3, 0.4) is 0 Å². The molecule has 0 radical (unpaired) electrons. The molecule has 30 heavy (non-hydrogen) atoms. The summed E-state index contributed by atoms with van der Waals surface area (Å²) < 4.78 is 8.33. The van der Waals surface area contributed by atoms with Gasteiger partial charge in [0.15, 0.2) is 0 Å². The number of aromatic nitrogens is 2. The van der Waals surface area contributed by atoms with E-state index in [4.69, 9.17) is 4.74 Å². The molecule has 3 heterocycles. The van der Waals surface area contributed by atoms with Gasteiger partial charge in [-0.25, -0.2) is 9.78 Å². The Hall–Kier alpha value is -2.09. The van der Waals surface area contributed by atoms with Gasteiger partial charge in [-0.15, -0.1) is 0 Å². The van der Waals surface area contributed by atoms with Crippen LogP contribution < -0.4 is 5.32 Å². The Kier molecular flexibility index (Phi) is 6.75. The molecule has 1 unspecified atom stereocenters. The van der Waals surface area contributed by atoms with E-state index in [2.05, 4.69) is 44.6 Å². The van der Waals surface area contributed by atoms with Gasteiger partial charge < -0.3 is 19.5 Å². The first-order valence-corrected chi connectivity index (χ1v) is 11.3. The number of amides is 2. The molecule has 1 aliphatic heterocycles. The van der Waals surface area contributed by atoms with Gasteiger partial charge in [0.25, 0.3) is 5.91 Å². The van der Waals surface area contributed by atoms with Crippen molar-refractivity contribution >= 4 is 38.8 Å². The number of nitrogens with zero attached hydrogens (tertiary/aromatic N) is 3. The van der Waals surface area contributed by atoms with Crippen LogP contribution in [0, 0.1) is 0 Å². The number of carbonyl (C=O) groups is 2. The molecule has 7 nitrogen and oxygen atoms in total. The fraction of sp³-hybridized carbons (Fsp3) is 0.591. The number of rotatable bonds is 4. The summed E-state index contributed by atoms with van der Waals surface area (Å²) in [6.07, 6.45) is 5.77. The van der Waals surface area contributed by atoms with E-state index in [-0.39, 0.29) is 24.1 Å². The normalized spacial score (nSPS) is 16.5. The van der Waals surface area contributed by atoms with Crippen molar-refractivity contribution in [3.63, 3.8) is 0 Å². The second-order valence-electron chi connectivity index (χ2n) is 8.95. The summed E-state index contributed by atoms with van der Waals surface area (Å²) in [6, 6.07) is 2.26. The maximum atomic E-state index is 13.1. The molecule has 2 aromatic heterocycles. The Morgan fingerprint density at radius 3 is 2.60 bits per heavy atom. The highest BCUT2D eigenvalue weighted by Gasteiger charge is 2.28. The number of ether oxygens (including phenoxy) is 1. The van der Waals surface area contributed by atoms with Gasteiger partial charge in [0.1, 0.15) is 10.2 Å². The molecule has 0 spiro atoms. The molecule has 3 rings (SSSR count). The van der Waals surface area contributed by atoms with Gasteiger partial charge in [-0.05, 0) is 69.0 Å². The van der Waals surface area contributed by atoms with E-state index < -0.39 is 5.60 Å². The van der Waals surface area contributed by atoms with E-state index in [1.54, 1.807) is 11.1 Å².